The third-order valence-electron chi connectivity index (χ3n) is 3.89. The Kier molecular flexibility index (Phi) is 3.79. The highest BCUT2D eigenvalue weighted by molar-refractivity contribution is 7.17. The van der Waals surface area contributed by atoms with Crippen molar-refractivity contribution in [1.29, 1.82) is 0 Å². The molecule has 0 spiro atoms. The Bertz CT molecular complexity index is 873. The molecule has 0 aliphatic carbocycles. The van der Waals surface area contributed by atoms with Gasteiger partial charge in [0.15, 0.2) is 0 Å². The molecule has 1 atom stereocenters. The van der Waals surface area contributed by atoms with E-state index in [2.05, 4.69) is 15.5 Å². The van der Waals surface area contributed by atoms with Crippen LogP contribution in [0, 0.1) is 0 Å². The van der Waals surface area contributed by atoms with Gasteiger partial charge in [0.1, 0.15) is 5.75 Å². The predicted molar refractivity (Wildman–Crippen MR) is 91.4 cm³/mol. The van der Waals surface area contributed by atoms with Crippen molar-refractivity contribution in [3.63, 3.8) is 0 Å². The number of amides is 1. The number of H-pyrrole nitrogens is 1. The molecule has 1 amide bonds. The normalized spacial score (nSPS) is 16.3. The van der Waals surface area contributed by atoms with Gasteiger partial charge in [0.05, 0.1) is 33.8 Å². The van der Waals surface area contributed by atoms with E-state index in [9.17, 15) is 9.90 Å². The van der Waals surface area contributed by atoms with Crippen LogP contribution in [0.4, 0.5) is 5.69 Å². The molecule has 3 heterocycles. The second-order valence-electron chi connectivity index (χ2n) is 5.47. The smallest absolute Gasteiger partial charge is 0.265 e. The molecule has 4 rings (SSSR count). The Morgan fingerprint density at radius 1 is 1.33 bits per heavy atom. The number of hydrogen-bond acceptors (Lipinski definition) is 5. The number of ether oxygens (including phenoxy) is 1. The Morgan fingerprint density at radius 3 is 3.08 bits per heavy atom. The van der Waals surface area contributed by atoms with E-state index in [0.717, 1.165) is 10.6 Å². The van der Waals surface area contributed by atoms with Crippen molar-refractivity contribution < 1.29 is 14.6 Å². The lowest BCUT2D eigenvalue weighted by atomic mass is 10.0. The van der Waals surface area contributed by atoms with Crippen molar-refractivity contribution in [3.05, 3.63) is 53.0 Å². The Balaban J connectivity index is 1.58. The number of carbonyl (C=O) groups is 1. The zero-order valence-electron chi connectivity index (χ0n) is 12.7. The van der Waals surface area contributed by atoms with E-state index in [1.807, 2.05) is 18.2 Å². The summed E-state index contributed by atoms with van der Waals surface area (Å²) in [5, 5.41) is 19.7. The van der Waals surface area contributed by atoms with Crippen LogP contribution in [0.2, 0.25) is 0 Å². The van der Waals surface area contributed by atoms with Gasteiger partial charge in [-0.1, -0.05) is 12.1 Å². The first-order valence-corrected chi connectivity index (χ1v) is 8.39. The SMILES string of the molecule is O=C(Nc1cccc2c1OCCC2O)c1ccc(-c2ccn[nH]2)s1. The van der Waals surface area contributed by atoms with Crippen molar-refractivity contribution >= 4 is 22.9 Å². The standard InChI is InChI=1S/C17H15N3O3S/c21-13-7-9-23-16-10(13)2-1-3-12(16)19-17(22)15-5-4-14(24-15)11-6-8-18-20-11/h1-6,8,13,21H,7,9H2,(H,18,20)(H,19,22). The minimum atomic E-state index is -0.556. The maximum absolute atomic E-state index is 12.5. The van der Waals surface area contributed by atoms with Crippen LogP contribution in [0.1, 0.15) is 27.8 Å². The molecule has 2 aromatic heterocycles. The van der Waals surface area contributed by atoms with Gasteiger partial charge in [-0.3, -0.25) is 9.89 Å². The first-order valence-electron chi connectivity index (χ1n) is 7.57. The summed E-state index contributed by atoms with van der Waals surface area (Å²) in [4.78, 5) is 14.1. The number of aromatic amines is 1. The maximum atomic E-state index is 12.5. The average Bonchev–Trinajstić information content (AvgIpc) is 3.27. The molecule has 24 heavy (non-hydrogen) atoms. The van der Waals surface area contributed by atoms with Crippen LogP contribution in [0.25, 0.3) is 10.6 Å². The van der Waals surface area contributed by atoms with Gasteiger partial charge in [0.25, 0.3) is 5.91 Å². The summed E-state index contributed by atoms with van der Waals surface area (Å²) in [6.07, 6.45) is 1.68. The number of nitrogens with one attached hydrogen (secondary N) is 2. The summed E-state index contributed by atoms with van der Waals surface area (Å²) in [5.41, 5.74) is 2.17. The van der Waals surface area contributed by atoms with E-state index in [-0.39, 0.29) is 5.91 Å². The number of aromatic nitrogens is 2. The number of rotatable bonds is 3. The van der Waals surface area contributed by atoms with Gasteiger partial charge >= 0.3 is 0 Å². The maximum Gasteiger partial charge on any atom is 0.265 e. The van der Waals surface area contributed by atoms with E-state index in [1.54, 1.807) is 24.4 Å². The number of fused-ring (bicyclic) bond motifs is 1. The third-order valence-corrected chi connectivity index (χ3v) is 5.00. The number of anilines is 1. The number of benzene rings is 1. The molecule has 1 aromatic carbocycles. The highest BCUT2D eigenvalue weighted by Crippen LogP contribution is 2.38. The predicted octanol–water partition coefficient (Wildman–Crippen LogP) is 3.21. The molecular weight excluding hydrogens is 326 g/mol. The quantitative estimate of drug-likeness (QED) is 0.683. The molecule has 0 saturated carbocycles. The molecule has 3 N–H and O–H groups in total. The first kappa shape index (κ1) is 14.9. The van der Waals surface area contributed by atoms with Gasteiger partial charge < -0.3 is 15.2 Å². The lowest BCUT2D eigenvalue weighted by molar-refractivity contribution is 0.102. The zero-order valence-corrected chi connectivity index (χ0v) is 13.5. The van der Waals surface area contributed by atoms with Crippen LogP contribution in [-0.2, 0) is 0 Å². The second kappa shape index (κ2) is 6.10. The molecule has 1 aliphatic rings. The van der Waals surface area contributed by atoms with E-state index in [0.29, 0.717) is 34.9 Å². The van der Waals surface area contributed by atoms with Crippen molar-refractivity contribution in [2.45, 2.75) is 12.5 Å². The Morgan fingerprint density at radius 2 is 2.25 bits per heavy atom. The molecule has 6 nitrogen and oxygen atoms in total. The number of nitrogens with zero attached hydrogens (tertiary/aromatic N) is 1. The van der Waals surface area contributed by atoms with Crippen molar-refractivity contribution in [3.8, 4) is 16.3 Å². The topological polar surface area (TPSA) is 87.2 Å². The average molecular weight is 341 g/mol. The fourth-order valence-corrected chi connectivity index (χ4v) is 3.56. The molecule has 1 aliphatic heterocycles. The summed E-state index contributed by atoms with van der Waals surface area (Å²) in [5.74, 6) is 0.345. The van der Waals surface area contributed by atoms with Gasteiger partial charge in [0.2, 0.25) is 0 Å². The van der Waals surface area contributed by atoms with Gasteiger partial charge in [-0.15, -0.1) is 11.3 Å². The van der Waals surface area contributed by atoms with Crippen LogP contribution in [-0.4, -0.2) is 27.8 Å². The highest BCUT2D eigenvalue weighted by Gasteiger charge is 2.23. The summed E-state index contributed by atoms with van der Waals surface area (Å²) >= 11 is 1.38. The van der Waals surface area contributed by atoms with Crippen LogP contribution in [0.5, 0.6) is 5.75 Å². The van der Waals surface area contributed by atoms with Crippen molar-refractivity contribution in [1.82, 2.24) is 10.2 Å². The van der Waals surface area contributed by atoms with Crippen LogP contribution in [0.15, 0.2) is 42.6 Å². The molecular formula is C17H15N3O3S. The number of carbonyl (C=O) groups excluding carboxylic acids is 1. The first-order chi connectivity index (χ1) is 11.7. The molecule has 3 aromatic rings. The Labute approximate surface area is 142 Å². The fraction of sp³-hybridized carbons (Fsp3) is 0.176. The minimum absolute atomic E-state index is 0.206. The van der Waals surface area contributed by atoms with E-state index in [1.165, 1.54) is 11.3 Å². The number of thiophene rings is 1. The number of hydrogen-bond donors (Lipinski definition) is 3. The number of aliphatic hydroxyl groups excluding tert-OH is 1. The molecule has 1 unspecified atom stereocenters. The van der Waals surface area contributed by atoms with Crippen molar-refractivity contribution in [2.75, 3.05) is 11.9 Å². The molecule has 0 fully saturated rings. The van der Waals surface area contributed by atoms with Gasteiger partial charge in [-0.25, -0.2) is 0 Å². The Hall–Kier alpha value is -2.64. The van der Waals surface area contributed by atoms with E-state index < -0.39 is 6.10 Å². The molecule has 0 saturated heterocycles. The molecule has 0 radical (unpaired) electrons. The molecule has 0 bridgehead atoms. The van der Waals surface area contributed by atoms with Crippen LogP contribution in [0.3, 0.4) is 0 Å². The summed E-state index contributed by atoms with van der Waals surface area (Å²) in [7, 11) is 0. The molecule has 122 valence electrons. The monoisotopic (exact) mass is 341 g/mol. The second-order valence-corrected chi connectivity index (χ2v) is 6.55. The minimum Gasteiger partial charge on any atom is -0.491 e. The van der Waals surface area contributed by atoms with Gasteiger partial charge in [-0.05, 0) is 24.3 Å². The van der Waals surface area contributed by atoms with Crippen molar-refractivity contribution in [2.24, 2.45) is 0 Å². The third kappa shape index (κ3) is 2.68. The van der Waals surface area contributed by atoms with E-state index in [4.69, 9.17) is 4.74 Å². The lowest BCUT2D eigenvalue weighted by Crippen LogP contribution is -2.17. The number of para-hydroxylation sites is 1. The lowest BCUT2D eigenvalue weighted by Gasteiger charge is -2.24. The largest absolute Gasteiger partial charge is 0.491 e. The highest BCUT2D eigenvalue weighted by atomic mass is 32.1. The summed E-state index contributed by atoms with van der Waals surface area (Å²) in [6, 6.07) is 10.9. The van der Waals surface area contributed by atoms with Gasteiger partial charge in [-0.2, -0.15) is 5.10 Å². The zero-order chi connectivity index (χ0) is 16.5. The van der Waals surface area contributed by atoms with Crippen LogP contribution < -0.4 is 10.1 Å². The summed E-state index contributed by atoms with van der Waals surface area (Å²) in [6.45, 7) is 0.435. The number of aliphatic hydroxyl groups is 1. The fourth-order valence-electron chi connectivity index (χ4n) is 2.69. The van der Waals surface area contributed by atoms with Gasteiger partial charge in [0, 0.05) is 18.2 Å². The van der Waals surface area contributed by atoms with Crippen LogP contribution >= 0.6 is 11.3 Å². The summed E-state index contributed by atoms with van der Waals surface area (Å²) < 4.78 is 5.64. The van der Waals surface area contributed by atoms with E-state index >= 15 is 0 Å². The molecule has 7 heteroatoms.